The number of ether oxygens (including phenoxy) is 2. The predicted octanol–water partition coefficient (Wildman–Crippen LogP) is 3.64. The molecule has 0 spiro atoms. The highest BCUT2D eigenvalue weighted by atomic mass is 16.5. The summed E-state index contributed by atoms with van der Waals surface area (Å²) in [6, 6.07) is 11.3. The molecule has 0 radical (unpaired) electrons. The highest BCUT2D eigenvalue weighted by Crippen LogP contribution is 2.24. The molecule has 0 saturated heterocycles. The molecular formula is C18H21NO3. The lowest BCUT2D eigenvalue weighted by Crippen LogP contribution is -2.20. The fourth-order valence-corrected chi connectivity index (χ4v) is 2.40. The van der Waals surface area contributed by atoms with E-state index in [9.17, 15) is 4.79 Å². The van der Waals surface area contributed by atoms with Crippen molar-refractivity contribution < 1.29 is 14.3 Å². The number of aryl methyl sites for hydroxylation is 3. The van der Waals surface area contributed by atoms with Gasteiger partial charge in [0.15, 0.2) is 6.61 Å². The lowest BCUT2D eigenvalue weighted by molar-refractivity contribution is -0.118. The zero-order valence-electron chi connectivity index (χ0n) is 13.4. The molecule has 2 aromatic carbocycles. The van der Waals surface area contributed by atoms with Gasteiger partial charge in [0, 0.05) is 5.69 Å². The molecule has 1 N–H and O–H groups in total. The first kappa shape index (κ1) is 15.9. The first-order chi connectivity index (χ1) is 10.5. The lowest BCUT2D eigenvalue weighted by Gasteiger charge is -2.13. The van der Waals surface area contributed by atoms with Gasteiger partial charge in [-0.3, -0.25) is 4.79 Å². The van der Waals surface area contributed by atoms with Crippen LogP contribution in [0, 0.1) is 20.8 Å². The molecule has 4 heteroatoms. The summed E-state index contributed by atoms with van der Waals surface area (Å²) in [5.41, 5.74) is 3.97. The van der Waals surface area contributed by atoms with E-state index in [4.69, 9.17) is 9.47 Å². The SMILES string of the molecule is COc1ccc(NC(=O)COc2c(C)cc(C)cc2C)cc1. The van der Waals surface area contributed by atoms with Crippen molar-refractivity contribution in [3.63, 3.8) is 0 Å². The Morgan fingerprint density at radius 3 is 2.18 bits per heavy atom. The van der Waals surface area contributed by atoms with Crippen LogP contribution in [0.1, 0.15) is 16.7 Å². The van der Waals surface area contributed by atoms with Crippen LogP contribution in [0.15, 0.2) is 36.4 Å². The molecule has 0 bridgehead atoms. The van der Waals surface area contributed by atoms with Crippen molar-refractivity contribution in [2.45, 2.75) is 20.8 Å². The lowest BCUT2D eigenvalue weighted by atomic mass is 10.1. The van der Waals surface area contributed by atoms with Crippen molar-refractivity contribution >= 4 is 11.6 Å². The molecule has 0 aliphatic rings. The summed E-state index contributed by atoms with van der Waals surface area (Å²) < 4.78 is 10.7. The number of anilines is 1. The monoisotopic (exact) mass is 299 g/mol. The standard InChI is InChI=1S/C18H21NO3/c1-12-9-13(2)18(14(3)10-12)22-11-17(20)19-15-5-7-16(21-4)8-6-15/h5-10H,11H2,1-4H3,(H,19,20). The summed E-state index contributed by atoms with van der Waals surface area (Å²) in [6.45, 7) is 5.99. The Bertz CT molecular complexity index is 640. The molecule has 2 aromatic rings. The molecule has 0 fully saturated rings. The smallest absolute Gasteiger partial charge is 0.262 e. The number of methoxy groups -OCH3 is 1. The minimum absolute atomic E-state index is 0.0171. The molecule has 4 nitrogen and oxygen atoms in total. The molecule has 0 heterocycles. The normalized spacial score (nSPS) is 10.2. The van der Waals surface area contributed by atoms with Crippen LogP contribution < -0.4 is 14.8 Å². The number of rotatable bonds is 5. The molecule has 0 aliphatic heterocycles. The molecule has 1 amide bonds. The quantitative estimate of drug-likeness (QED) is 0.917. The number of hydrogen-bond acceptors (Lipinski definition) is 3. The third-order valence-corrected chi connectivity index (χ3v) is 3.33. The zero-order valence-corrected chi connectivity index (χ0v) is 13.4. The Kier molecular flexibility index (Phi) is 5.04. The van der Waals surface area contributed by atoms with Gasteiger partial charge >= 0.3 is 0 Å². The highest BCUT2D eigenvalue weighted by Gasteiger charge is 2.08. The van der Waals surface area contributed by atoms with Gasteiger partial charge in [0.25, 0.3) is 5.91 Å². The highest BCUT2D eigenvalue weighted by molar-refractivity contribution is 5.91. The first-order valence-electron chi connectivity index (χ1n) is 7.14. The van der Waals surface area contributed by atoms with Crippen LogP contribution in [-0.4, -0.2) is 19.6 Å². The van der Waals surface area contributed by atoms with E-state index >= 15 is 0 Å². The molecule has 0 aromatic heterocycles. The van der Waals surface area contributed by atoms with Gasteiger partial charge in [0.05, 0.1) is 7.11 Å². The fraction of sp³-hybridized carbons (Fsp3) is 0.278. The summed E-state index contributed by atoms with van der Waals surface area (Å²) in [4.78, 5) is 12.0. The van der Waals surface area contributed by atoms with Gasteiger partial charge < -0.3 is 14.8 Å². The van der Waals surface area contributed by atoms with E-state index in [0.29, 0.717) is 5.69 Å². The number of amides is 1. The van der Waals surface area contributed by atoms with Crippen LogP contribution in [0.5, 0.6) is 11.5 Å². The van der Waals surface area contributed by atoms with Gasteiger partial charge in [0.1, 0.15) is 11.5 Å². The number of hydrogen-bond donors (Lipinski definition) is 1. The van der Waals surface area contributed by atoms with Crippen LogP contribution in [-0.2, 0) is 4.79 Å². The summed E-state index contributed by atoms with van der Waals surface area (Å²) in [5.74, 6) is 1.33. The summed E-state index contributed by atoms with van der Waals surface area (Å²) in [5, 5.41) is 2.79. The van der Waals surface area contributed by atoms with Gasteiger partial charge in [-0.1, -0.05) is 17.7 Å². The molecule has 0 saturated carbocycles. The Balaban J connectivity index is 1.95. The van der Waals surface area contributed by atoms with Crippen LogP contribution in [0.25, 0.3) is 0 Å². The van der Waals surface area contributed by atoms with Crippen LogP contribution in [0.3, 0.4) is 0 Å². The molecule has 0 atom stereocenters. The minimum Gasteiger partial charge on any atom is -0.497 e. The second-order valence-corrected chi connectivity index (χ2v) is 5.29. The number of nitrogens with one attached hydrogen (secondary N) is 1. The van der Waals surface area contributed by atoms with Crippen molar-refractivity contribution in [3.05, 3.63) is 53.1 Å². The van der Waals surface area contributed by atoms with Gasteiger partial charge in [-0.2, -0.15) is 0 Å². The summed E-state index contributed by atoms with van der Waals surface area (Å²) >= 11 is 0. The van der Waals surface area contributed by atoms with Crippen molar-refractivity contribution in [2.75, 3.05) is 19.0 Å². The topological polar surface area (TPSA) is 47.6 Å². The number of carbonyl (C=O) groups is 1. The fourth-order valence-electron chi connectivity index (χ4n) is 2.40. The van der Waals surface area contributed by atoms with E-state index in [1.165, 1.54) is 5.56 Å². The first-order valence-corrected chi connectivity index (χ1v) is 7.14. The molecular weight excluding hydrogens is 278 g/mol. The van der Waals surface area contributed by atoms with E-state index in [2.05, 4.69) is 5.32 Å². The third kappa shape index (κ3) is 4.01. The number of carbonyl (C=O) groups excluding carboxylic acids is 1. The average Bonchev–Trinajstić information content (AvgIpc) is 2.47. The maximum atomic E-state index is 12.0. The van der Waals surface area contributed by atoms with Crippen LogP contribution in [0.2, 0.25) is 0 Å². The van der Waals surface area contributed by atoms with E-state index in [-0.39, 0.29) is 12.5 Å². The molecule has 0 aliphatic carbocycles. The van der Waals surface area contributed by atoms with Crippen molar-refractivity contribution in [1.82, 2.24) is 0 Å². The maximum absolute atomic E-state index is 12.0. The third-order valence-electron chi connectivity index (χ3n) is 3.33. The Morgan fingerprint density at radius 1 is 1.05 bits per heavy atom. The Hall–Kier alpha value is -2.49. The Morgan fingerprint density at radius 2 is 1.64 bits per heavy atom. The van der Waals surface area contributed by atoms with Gasteiger partial charge in [0.2, 0.25) is 0 Å². The van der Waals surface area contributed by atoms with Gasteiger partial charge in [-0.15, -0.1) is 0 Å². The zero-order chi connectivity index (χ0) is 16.1. The molecule has 2 rings (SSSR count). The van der Waals surface area contributed by atoms with E-state index < -0.39 is 0 Å². The minimum atomic E-state index is -0.190. The average molecular weight is 299 g/mol. The molecule has 22 heavy (non-hydrogen) atoms. The predicted molar refractivity (Wildman–Crippen MR) is 87.8 cm³/mol. The van der Waals surface area contributed by atoms with Crippen molar-refractivity contribution in [2.24, 2.45) is 0 Å². The van der Waals surface area contributed by atoms with Gasteiger partial charge in [-0.25, -0.2) is 0 Å². The summed E-state index contributed by atoms with van der Waals surface area (Å²) in [6.07, 6.45) is 0. The van der Waals surface area contributed by atoms with Crippen molar-refractivity contribution in [1.29, 1.82) is 0 Å². The number of benzene rings is 2. The van der Waals surface area contributed by atoms with Gasteiger partial charge in [-0.05, 0) is 56.2 Å². The van der Waals surface area contributed by atoms with E-state index in [1.54, 1.807) is 31.4 Å². The van der Waals surface area contributed by atoms with Crippen LogP contribution >= 0.6 is 0 Å². The van der Waals surface area contributed by atoms with E-state index in [0.717, 1.165) is 22.6 Å². The largest absolute Gasteiger partial charge is 0.497 e. The molecule has 0 unspecified atom stereocenters. The van der Waals surface area contributed by atoms with Crippen LogP contribution in [0.4, 0.5) is 5.69 Å². The maximum Gasteiger partial charge on any atom is 0.262 e. The van der Waals surface area contributed by atoms with E-state index in [1.807, 2.05) is 32.9 Å². The van der Waals surface area contributed by atoms with Crippen molar-refractivity contribution in [3.8, 4) is 11.5 Å². The second kappa shape index (κ2) is 6.98. The summed E-state index contributed by atoms with van der Waals surface area (Å²) in [7, 11) is 1.60. The molecule has 116 valence electrons. The second-order valence-electron chi connectivity index (χ2n) is 5.29. The Labute approximate surface area is 131 Å².